The van der Waals surface area contributed by atoms with Crippen molar-refractivity contribution in [1.29, 1.82) is 0 Å². The highest BCUT2D eigenvalue weighted by atomic mass is 35.5. The first-order valence-electron chi connectivity index (χ1n) is 10.3. The minimum atomic E-state index is -0.217. The molecular formula is C25H28ClNO3. The summed E-state index contributed by atoms with van der Waals surface area (Å²) in [4.78, 5) is 14.2. The molecular weight excluding hydrogens is 398 g/mol. The van der Waals surface area contributed by atoms with E-state index in [1.54, 1.807) is 0 Å². The summed E-state index contributed by atoms with van der Waals surface area (Å²) >= 11 is 6.22. The first kappa shape index (κ1) is 22.1. The SMILES string of the molecule is CCOC(=O)C1=CCCN(CCO/C=C(/c2cccc(Cl)c2)c2ccccc2C)C1. The molecule has 2 aromatic rings. The van der Waals surface area contributed by atoms with Gasteiger partial charge in [-0.25, -0.2) is 4.79 Å². The van der Waals surface area contributed by atoms with E-state index in [0.29, 0.717) is 24.8 Å². The maximum Gasteiger partial charge on any atom is 0.334 e. The molecule has 2 aromatic carbocycles. The van der Waals surface area contributed by atoms with Crippen LogP contribution in [0.15, 0.2) is 66.4 Å². The maximum atomic E-state index is 12.0. The lowest BCUT2D eigenvalue weighted by atomic mass is 9.95. The fraction of sp³-hybridized carbons (Fsp3) is 0.320. The third kappa shape index (κ3) is 5.97. The Morgan fingerprint density at radius 2 is 2.03 bits per heavy atom. The summed E-state index contributed by atoms with van der Waals surface area (Å²) in [6, 6.07) is 16.0. The highest BCUT2D eigenvalue weighted by Gasteiger charge is 2.18. The van der Waals surface area contributed by atoms with Crippen molar-refractivity contribution in [3.63, 3.8) is 0 Å². The molecule has 0 unspecified atom stereocenters. The van der Waals surface area contributed by atoms with Gasteiger partial charge in [0, 0.05) is 35.8 Å². The van der Waals surface area contributed by atoms with E-state index in [2.05, 4.69) is 24.0 Å². The maximum absolute atomic E-state index is 12.0. The van der Waals surface area contributed by atoms with E-state index in [9.17, 15) is 4.79 Å². The largest absolute Gasteiger partial charge is 0.499 e. The molecule has 0 fully saturated rings. The number of carbonyl (C=O) groups is 1. The Kier molecular flexibility index (Phi) is 8.12. The molecule has 5 heteroatoms. The van der Waals surface area contributed by atoms with Crippen LogP contribution in [0, 0.1) is 6.92 Å². The Hall–Kier alpha value is -2.56. The predicted molar refractivity (Wildman–Crippen MR) is 121 cm³/mol. The second-order valence-electron chi connectivity index (χ2n) is 7.24. The van der Waals surface area contributed by atoms with Gasteiger partial charge in [-0.1, -0.05) is 54.1 Å². The fourth-order valence-electron chi connectivity index (χ4n) is 3.51. The van der Waals surface area contributed by atoms with E-state index in [1.807, 2.05) is 55.7 Å². The number of esters is 1. The zero-order valence-electron chi connectivity index (χ0n) is 17.6. The molecule has 1 aliphatic heterocycles. The van der Waals surface area contributed by atoms with E-state index in [-0.39, 0.29) is 5.97 Å². The number of carbonyl (C=O) groups excluding carboxylic acids is 1. The van der Waals surface area contributed by atoms with Crippen molar-refractivity contribution >= 4 is 23.1 Å². The van der Waals surface area contributed by atoms with Gasteiger partial charge in [0.2, 0.25) is 0 Å². The number of nitrogens with zero attached hydrogens (tertiary/aromatic N) is 1. The Morgan fingerprint density at radius 1 is 1.20 bits per heavy atom. The fourth-order valence-corrected chi connectivity index (χ4v) is 3.70. The summed E-state index contributed by atoms with van der Waals surface area (Å²) in [7, 11) is 0. The molecule has 0 amide bonds. The van der Waals surface area contributed by atoms with E-state index in [1.165, 1.54) is 5.56 Å². The van der Waals surface area contributed by atoms with Crippen LogP contribution in [0.2, 0.25) is 5.02 Å². The monoisotopic (exact) mass is 425 g/mol. The minimum Gasteiger partial charge on any atom is -0.499 e. The summed E-state index contributed by atoms with van der Waals surface area (Å²) < 4.78 is 11.1. The number of hydrogen-bond donors (Lipinski definition) is 0. The normalized spacial score (nSPS) is 14.9. The predicted octanol–water partition coefficient (Wildman–Crippen LogP) is 5.25. The Morgan fingerprint density at radius 3 is 2.80 bits per heavy atom. The van der Waals surface area contributed by atoms with Crippen molar-refractivity contribution < 1.29 is 14.3 Å². The van der Waals surface area contributed by atoms with Crippen LogP contribution in [0.25, 0.3) is 5.57 Å². The number of rotatable bonds is 8. The molecule has 1 aliphatic rings. The van der Waals surface area contributed by atoms with Crippen molar-refractivity contribution in [2.24, 2.45) is 0 Å². The number of ether oxygens (including phenoxy) is 2. The van der Waals surface area contributed by atoms with Crippen LogP contribution in [0.4, 0.5) is 0 Å². The van der Waals surface area contributed by atoms with Crippen LogP contribution in [0.3, 0.4) is 0 Å². The molecule has 0 aliphatic carbocycles. The van der Waals surface area contributed by atoms with E-state index in [0.717, 1.165) is 41.8 Å². The van der Waals surface area contributed by atoms with Crippen LogP contribution in [-0.4, -0.2) is 43.7 Å². The highest BCUT2D eigenvalue weighted by Crippen LogP contribution is 2.28. The van der Waals surface area contributed by atoms with Crippen molar-refractivity contribution in [1.82, 2.24) is 4.90 Å². The topological polar surface area (TPSA) is 38.8 Å². The minimum absolute atomic E-state index is 0.217. The molecule has 4 nitrogen and oxygen atoms in total. The van der Waals surface area contributed by atoms with Gasteiger partial charge in [-0.3, -0.25) is 4.90 Å². The molecule has 0 N–H and O–H groups in total. The van der Waals surface area contributed by atoms with Gasteiger partial charge in [-0.05, 0) is 49.1 Å². The van der Waals surface area contributed by atoms with E-state index in [4.69, 9.17) is 21.1 Å². The third-order valence-corrected chi connectivity index (χ3v) is 5.30. The Balaban J connectivity index is 1.66. The van der Waals surface area contributed by atoms with E-state index < -0.39 is 0 Å². The molecule has 158 valence electrons. The molecule has 0 saturated heterocycles. The molecule has 0 aromatic heterocycles. The average molecular weight is 426 g/mol. The zero-order chi connectivity index (χ0) is 21.3. The summed E-state index contributed by atoms with van der Waals surface area (Å²) in [5.74, 6) is -0.217. The van der Waals surface area contributed by atoms with Crippen molar-refractivity contribution in [3.8, 4) is 0 Å². The van der Waals surface area contributed by atoms with Gasteiger partial charge < -0.3 is 9.47 Å². The second kappa shape index (κ2) is 11.0. The first-order valence-corrected chi connectivity index (χ1v) is 10.7. The Labute approximate surface area is 183 Å². The number of benzene rings is 2. The molecule has 0 bridgehead atoms. The van der Waals surface area contributed by atoms with Crippen molar-refractivity contribution in [2.75, 3.05) is 32.8 Å². The van der Waals surface area contributed by atoms with Crippen LogP contribution in [0.1, 0.15) is 30.0 Å². The van der Waals surface area contributed by atoms with Gasteiger partial charge in [-0.15, -0.1) is 0 Å². The van der Waals surface area contributed by atoms with Gasteiger partial charge >= 0.3 is 5.97 Å². The van der Waals surface area contributed by atoms with Crippen LogP contribution >= 0.6 is 11.6 Å². The van der Waals surface area contributed by atoms with Gasteiger partial charge in [0.1, 0.15) is 6.61 Å². The molecule has 0 saturated carbocycles. The standard InChI is InChI=1S/C25H28ClNO3/c1-3-30-25(28)21-10-7-13-27(17-21)14-15-29-18-24(20-9-6-11-22(26)16-20)23-12-5-4-8-19(23)2/h4-6,8-12,16,18H,3,7,13-15,17H2,1-2H3/b24-18-. The van der Waals surface area contributed by atoms with Crippen LogP contribution in [0.5, 0.6) is 0 Å². The molecule has 0 spiro atoms. The summed E-state index contributed by atoms with van der Waals surface area (Å²) in [5.41, 5.74) is 5.04. The lowest BCUT2D eigenvalue weighted by Gasteiger charge is -2.26. The Bertz CT molecular complexity index is 935. The van der Waals surface area contributed by atoms with Gasteiger partial charge in [-0.2, -0.15) is 0 Å². The number of aryl methyl sites for hydroxylation is 1. The summed E-state index contributed by atoms with van der Waals surface area (Å²) in [6.45, 7) is 7.10. The number of halogens is 1. The summed E-state index contributed by atoms with van der Waals surface area (Å²) in [5, 5.41) is 0.693. The zero-order valence-corrected chi connectivity index (χ0v) is 18.3. The van der Waals surface area contributed by atoms with Crippen molar-refractivity contribution in [2.45, 2.75) is 20.3 Å². The van der Waals surface area contributed by atoms with Crippen LogP contribution in [-0.2, 0) is 14.3 Å². The number of hydrogen-bond acceptors (Lipinski definition) is 4. The molecule has 1 heterocycles. The molecule has 30 heavy (non-hydrogen) atoms. The first-order chi connectivity index (χ1) is 14.6. The molecule has 0 atom stereocenters. The van der Waals surface area contributed by atoms with E-state index >= 15 is 0 Å². The average Bonchev–Trinajstić information content (AvgIpc) is 2.75. The quantitative estimate of drug-likeness (QED) is 0.329. The van der Waals surface area contributed by atoms with Gasteiger partial charge in [0.15, 0.2) is 0 Å². The highest BCUT2D eigenvalue weighted by molar-refractivity contribution is 6.30. The smallest absolute Gasteiger partial charge is 0.334 e. The lowest BCUT2D eigenvalue weighted by Crippen LogP contribution is -2.35. The van der Waals surface area contributed by atoms with Crippen molar-refractivity contribution in [3.05, 3.63) is 88.2 Å². The van der Waals surface area contributed by atoms with Gasteiger partial charge in [0.05, 0.1) is 12.9 Å². The van der Waals surface area contributed by atoms with Crippen LogP contribution < -0.4 is 0 Å². The third-order valence-electron chi connectivity index (χ3n) is 5.07. The molecule has 3 rings (SSSR count). The second-order valence-corrected chi connectivity index (χ2v) is 7.68. The summed E-state index contributed by atoms with van der Waals surface area (Å²) in [6.07, 6.45) is 4.64. The van der Waals surface area contributed by atoms with Gasteiger partial charge in [0.25, 0.3) is 0 Å². The lowest BCUT2D eigenvalue weighted by molar-refractivity contribution is -0.138. The molecule has 0 radical (unpaired) electrons.